The molecule has 142 valence electrons. The van der Waals surface area contributed by atoms with Crippen molar-refractivity contribution in [3.63, 3.8) is 0 Å². The lowest BCUT2D eigenvalue weighted by Gasteiger charge is -2.11. The average Bonchev–Trinajstić information content (AvgIpc) is 3.25. The minimum Gasteiger partial charge on any atom is -0.473 e. The summed E-state index contributed by atoms with van der Waals surface area (Å²) in [5, 5.41) is 29.1. The predicted octanol–water partition coefficient (Wildman–Crippen LogP) is 0.748. The van der Waals surface area contributed by atoms with Crippen LogP contribution >= 0.6 is 0 Å². The van der Waals surface area contributed by atoms with Gasteiger partial charge in [0.25, 0.3) is 5.69 Å². The molecule has 1 unspecified atom stereocenters. The van der Waals surface area contributed by atoms with Crippen LogP contribution in [0.5, 0.6) is 11.5 Å². The standard InChI is InChI=1S/C13H16N2O5.C2H2O4/c16-15(17)11-5-13-12(19-8-20-13)4-9(11)6-14-7-10-2-1-3-18-10;3-1(4)2(5)6/h4-5,10,14H,1-3,6-8H2;(H,3,4)(H,5,6). The quantitative estimate of drug-likeness (QED) is 0.383. The number of fused-ring (bicyclic) bond motifs is 1. The minimum atomic E-state index is -1.82. The molecule has 0 spiro atoms. The Bertz CT molecular complexity index is 674. The Hall–Kier alpha value is -2.92. The Morgan fingerprint density at radius 3 is 2.42 bits per heavy atom. The van der Waals surface area contributed by atoms with Crippen LogP contribution in [0.2, 0.25) is 0 Å². The Labute approximate surface area is 147 Å². The van der Waals surface area contributed by atoms with Crippen LogP contribution in [0.1, 0.15) is 18.4 Å². The molecule has 3 rings (SSSR count). The number of ether oxygens (including phenoxy) is 3. The summed E-state index contributed by atoms with van der Waals surface area (Å²) in [4.78, 5) is 28.9. The summed E-state index contributed by atoms with van der Waals surface area (Å²) in [6, 6.07) is 3.09. The van der Waals surface area contributed by atoms with E-state index in [0.29, 0.717) is 30.2 Å². The fraction of sp³-hybridized carbons (Fsp3) is 0.467. The van der Waals surface area contributed by atoms with Crippen LogP contribution in [-0.4, -0.2) is 53.1 Å². The van der Waals surface area contributed by atoms with Crippen molar-refractivity contribution in [2.45, 2.75) is 25.5 Å². The fourth-order valence-corrected chi connectivity index (χ4v) is 2.46. The first-order chi connectivity index (χ1) is 12.4. The number of aliphatic carboxylic acids is 2. The number of nitro groups is 1. The topological polar surface area (TPSA) is 157 Å². The average molecular weight is 370 g/mol. The van der Waals surface area contributed by atoms with Crippen LogP contribution in [0.15, 0.2) is 12.1 Å². The molecule has 0 radical (unpaired) electrons. The molecule has 0 saturated carbocycles. The summed E-state index contributed by atoms with van der Waals surface area (Å²) in [5.41, 5.74) is 0.645. The first-order valence-corrected chi connectivity index (χ1v) is 7.74. The number of rotatable bonds is 5. The zero-order valence-corrected chi connectivity index (χ0v) is 13.7. The number of nitrogens with zero attached hydrogens (tertiary/aromatic N) is 1. The van der Waals surface area contributed by atoms with Crippen LogP contribution in [0, 0.1) is 10.1 Å². The molecular weight excluding hydrogens is 352 g/mol. The molecule has 0 bridgehead atoms. The van der Waals surface area contributed by atoms with Crippen molar-refractivity contribution in [3.8, 4) is 11.5 Å². The highest BCUT2D eigenvalue weighted by molar-refractivity contribution is 6.27. The highest BCUT2D eigenvalue weighted by atomic mass is 16.7. The first kappa shape index (κ1) is 19.4. The van der Waals surface area contributed by atoms with Gasteiger partial charge in [-0.1, -0.05) is 0 Å². The highest BCUT2D eigenvalue weighted by Crippen LogP contribution is 2.37. The van der Waals surface area contributed by atoms with Gasteiger partial charge in [-0.2, -0.15) is 0 Å². The van der Waals surface area contributed by atoms with Gasteiger partial charge in [0.1, 0.15) is 0 Å². The SMILES string of the molecule is O=C(O)C(=O)O.O=[N+]([O-])c1cc2c(cc1CNCC1CCCO1)OCO2. The van der Waals surface area contributed by atoms with Gasteiger partial charge in [-0.25, -0.2) is 9.59 Å². The number of benzene rings is 1. The molecular formula is C15H18N2O9. The van der Waals surface area contributed by atoms with E-state index < -0.39 is 16.9 Å². The summed E-state index contributed by atoms with van der Waals surface area (Å²) < 4.78 is 15.9. The second kappa shape index (κ2) is 8.97. The molecule has 26 heavy (non-hydrogen) atoms. The normalized spacial score (nSPS) is 17.3. The summed E-state index contributed by atoms with van der Waals surface area (Å²) >= 11 is 0. The Kier molecular flexibility index (Phi) is 6.69. The molecule has 11 nitrogen and oxygen atoms in total. The van der Waals surface area contributed by atoms with Gasteiger partial charge >= 0.3 is 11.9 Å². The molecule has 11 heteroatoms. The zero-order valence-electron chi connectivity index (χ0n) is 13.7. The van der Waals surface area contributed by atoms with E-state index in [4.69, 9.17) is 34.0 Å². The molecule has 1 fully saturated rings. The van der Waals surface area contributed by atoms with Crippen molar-refractivity contribution in [1.29, 1.82) is 0 Å². The molecule has 1 saturated heterocycles. The molecule has 1 atom stereocenters. The van der Waals surface area contributed by atoms with E-state index >= 15 is 0 Å². The molecule has 1 aromatic carbocycles. The van der Waals surface area contributed by atoms with E-state index in [1.165, 1.54) is 6.07 Å². The maximum absolute atomic E-state index is 11.1. The lowest BCUT2D eigenvalue weighted by molar-refractivity contribution is -0.385. The van der Waals surface area contributed by atoms with Crippen molar-refractivity contribution in [3.05, 3.63) is 27.8 Å². The van der Waals surface area contributed by atoms with Crippen molar-refractivity contribution in [1.82, 2.24) is 5.32 Å². The first-order valence-electron chi connectivity index (χ1n) is 7.74. The lowest BCUT2D eigenvalue weighted by atomic mass is 10.1. The van der Waals surface area contributed by atoms with E-state index in [1.54, 1.807) is 6.07 Å². The van der Waals surface area contributed by atoms with Crippen LogP contribution in [-0.2, 0) is 20.9 Å². The number of hydrogen-bond acceptors (Lipinski definition) is 8. The van der Waals surface area contributed by atoms with E-state index in [2.05, 4.69) is 5.32 Å². The number of carboxylic acids is 2. The summed E-state index contributed by atoms with van der Waals surface area (Å²) in [7, 11) is 0. The Morgan fingerprint density at radius 2 is 1.88 bits per heavy atom. The molecule has 0 aliphatic carbocycles. The number of carbonyl (C=O) groups is 2. The van der Waals surface area contributed by atoms with Gasteiger partial charge in [0.15, 0.2) is 11.5 Å². The van der Waals surface area contributed by atoms with Gasteiger partial charge in [0.05, 0.1) is 17.1 Å². The van der Waals surface area contributed by atoms with Crippen LogP contribution in [0.3, 0.4) is 0 Å². The molecule has 0 amide bonds. The molecule has 3 N–H and O–H groups in total. The van der Waals surface area contributed by atoms with Gasteiger partial charge in [-0.05, 0) is 18.9 Å². The van der Waals surface area contributed by atoms with Crippen LogP contribution in [0.4, 0.5) is 5.69 Å². The van der Waals surface area contributed by atoms with Crippen LogP contribution in [0.25, 0.3) is 0 Å². The third-order valence-corrected chi connectivity index (χ3v) is 3.66. The number of carboxylic acid groups (broad SMARTS) is 2. The largest absolute Gasteiger partial charge is 0.473 e. The number of nitro benzene ring substituents is 1. The van der Waals surface area contributed by atoms with Crippen molar-refractivity contribution in [2.24, 2.45) is 0 Å². The smallest absolute Gasteiger partial charge is 0.414 e. The van der Waals surface area contributed by atoms with E-state index in [0.717, 1.165) is 19.4 Å². The maximum Gasteiger partial charge on any atom is 0.414 e. The van der Waals surface area contributed by atoms with E-state index in [1.807, 2.05) is 0 Å². The predicted molar refractivity (Wildman–Crippen MR) is 85.2 cm³/mol. The Balaban J connectivity index is 0.000000352. The zero-order chi connectivity index (χ0) is 19.1. The van der Waals surface area contributed by atoms with Gasteiger partial charge in [-0.3, -0.25) is 10.1 Å². The second-order valence-corrected chi connectivity index (χ2v) is 5.47. The summed E-state index contributed by atoms with van der Waals surface area (Å²) in [5.74, 6) is -2.66. The third-order valence-electron chi connectivity index (χ3n) is 3.66. The van der Waals surface area contributed by atoms with E-state index in [9.17, 15) is 10.1 Å². The Morgan fingerprint density at radius 1 is 1.23 bits per heavy atom. The molecule has 2 aliphatic rings. The summed E-state index contributed by atoms with van der Waals surface area (Å²) in [6.45, 7) is 2.02. The highest BCUT2D eigenvalue weighted by Gasteiger charge is 2.23. The summed E-state index contributed by atoms with van der Waals surface area (Å²) in [6.07, 6.45) is 2.33. The van der Waals surface area contributed by atoms with Gasteiger partial charge in [-0.15, -0.1) is 0 Å². The molecule has 1 aromatic rings. The monoisotopic (exact) mass is 370 g/mol. The molecule has 0 aromatic heterocycles. The lowest BCUT2D eigenvalue weighted by Crippen LogP contribution is -2.26. The minimum absolute atomic E-state index is 0.0501. The third kappa shape index (κ3) is 5.29. The maximum atomic E-state index is 11.1. The number of hydrogen-bond donors (Lipinski definition) is 3. The van der Waals surface area contributed by atoms with Gasteiger partial charge < -0.3 is 29.7 Å². The number of nitrogens with one attached hydrogen (secondary N) is 1. The molecule has 2 aliphatic heterocycles. The van der Waals surface area contributed by atoms with Gasteiger partial charge in [0, 0.05) is 25.3 Å². The molecule has 2 heterocycles. The second-order valence-electron chi connectivity index (χ2n) is 5.47. The van der Waals surface area contributed by atoms with Crippen LogP contribution < -0.4 is 14.8 Å². The van der Waals surface area contributed by atoms with Crippen molar-refractivity contribution in [2.75, 3.05) is 19.9 Å². The van der Waals surface area contributed by atoms with Crippen molar-refractivity contribution >= 4 is 17.6 Å². The van der Waals surface area contributed by atoms with E-state index in [-0.39, 0.29) is 18.6 Å². The van der Waals surface area contributed by atoms with Gasteiger partial charge in [0.2, 0.25) is 6.79 Å². The fourth-order valence-electron chi connectivity index (χ4n) is 2.46. The van der Waals surface area contributed by atoms with Crippen molar-refractivity contribution < 1.29 is 38.9 Å².